The van der Waals surface area contributed by atoms with Crippen molar-refractivity contribution in [1.29, 1.82) is 0 Å². The van der Waals surface area contributed by atoms with Gasteiger partial charge in [0.2, 0.25) is 0 Å². The van der Waals surface area contributed by atoms with Gasteiger partial charge in [0.25, 0.3) is 0 Å². The maximum atomic E-state index is 11.6. The van der Waals surface area contributed by atoms with E-state index in [1.165, 1.54) is 0 Å². The van der Waals surface area contributed by atoms with E-state index >= 15 is 0 Å². The van der Waals surface area contributed by atoms with E-state index in [1.807, 2.05) is 32.0 Å². The van der Waals surface area contributed by atoms with Gasteiger partial charge in [0.15, 0.2) is 6.10 Å². The van der Waals surface area contributed by atoms with Crippen LogP contribution in [0.5, 0.6) is 5.75 Å². The van der Waals surface area contributed by atoms with Gasteiger partial charge in [-0.2, -0.15) is 0 Å². The Balaban J connectivity index is 1.95. The molecule has 80 valence electrons. The van der Waals surface area contributed by atoms with E-state index < -0.39 is 6.10 Å². The van der Waals surface area contributed by atoms with Crippen molar-refractivity contribution >= 4 is 5.97 Å². The molecular weight excluding hydrogens is 192 g/mol. The highest BCUT2D eigenvalue weighted by atomic mass is 16.7. The van der Waals surface area contributed by atoms with Crippen molar-refractivity contribution in [3.05, 3.63) is 30.3 Å². The number of hydrogen-bond acceptors (Lipinski definition) is 3. The lowest BCUT2D eigenvalue weighted by Crippen LogP contribution is -2.21. The molecule has 0 amide bonds. The van der Waals surface area contributed by atoms with E-state index in [-0.39, 0.29) is 11.6 Å². The van der Waals surface area contributed by atoms with Gasteiger partial charge < -0.3 is 9.47 Å². The van der Waals surface area contributed by atoms with Crippen LogP contribution in [-0.4, -0.2) is 17.7 Å². The summed E-state index contributed by atoms with van der Waals surface area (Å²) in [4.78, 5) is 11.6. The van der Waals surface area contributed by atoms with E-state index in [0.29, 0.717) is 5.75 Å². The first-order valence-corrected chi connectivity index (χ1v) is 5.10. The van der Waals surface area contributed by atoms with Crippen molar-refractivity contribution in [2.45, 2.75) is 32.0 Å². The summed E-state index contributed by atoms with van der Waals surface area (Å²) in [7, 11) is 0. The van der Waals surface area contributed by atoms with Crippen LogP contribution < -0.4 is 4.74 Å². The molecule has 0 aliphatic carbocycles. The summed E-state index contributed by atoms with van der Waals surface area (Å²) in [6.45, 7) is 3.92. The molecule has 2 unspecified atom stereocenters. The molecular formula is C12H14O3. The molecule has 1 aromatic carbocycles. The maximum Gasteiger partial charge on any atom is 0.343 e. The molecule has 1 fully saturated rings. The first-order chi connectivity index (χ1) is 7.15. The summed E-state index contributed by atoms with van der Waals surface area (Å²) in [6.07, 6.45) is 0.421. The number of carbonyl (C=O) groups excluding carboxylic acids is 1. The van der Waals surface area contributed by atoms with Gasteiger partial charge in [-0.25, -0.2) is 4.79 Å². The fraction of sp³-hybridized carbons (Fsp3) is 0.417. The zero-order chi connectivity index (χ0) is 10.9. The van der Waals surface area contributed by atoms with Gasteiger partial charge in [-0.15, -0.1) is 0 Å². The molecule has 2 atom stereocenters. The van der Waals surface area contributed by atoms with Gasteiger partial charge in [0.05, 0.1) is 0 Å². The molecule has 15 heavy (non-hydrogen) atoms. The minimum Gasteiger partial charge on any atom is -0.425 e. The smallest absolute Gasteiger partial charge is 0.343 e. The first-order valence-electron chi connectivity index (χ1n) is 5.10. The van der Waals surface area contributed by atoms with E-state index in [0.717, 1.165) is 6.42 Å². The van der Waals surface area contributed by atoms with Crippen molar-refractivity contribution in [3.8, 4) is 5.75 Å². The summed E-state index contributed by atoms with van der Waals surface area (Å²) in [5, 5.41) is 0. The molecule has 1 saturated heterocycles. The Kier molecular flexibility index (Phi) is 2.49. The second kappa shape index (κ2) is 3.66. The topological polar surface area (TPSA) is 38.8 Å². The van der Waals surface area contributed by atoms with Crippen molar-refractivity contribution < 1.29 is 14.3 Å². The number of ether oxygens (including phenoxy) is 2. The Bertz CT molecular complexity index is 360. The average molecular weight is 206 g/mol. The Hall–Kier alpha value is -1.35. The van der Waals surface area contributed by atoms with Gasteiger partial charge in [-0.3, -0.25) is 0 Å². The fourth-order valence-electron chi connectivity index (χ4n) is 1.46. The number of rotatable bonds is 3. The van der Waals surface area contributed by atoms with Crippen molar-refractivity contribution in [3.63, 3.8) is 0 Å². The number of hydrogen-bond donors (Lipinski definition) is 0. The Morgan fingerprint density at radius 3 is 2.67 bits per heavy atom. The molecule has 0 N–H and O–H groups in total. The molecule has 1 heterocycles. The third-order valence-corrected chi connectivity index (χ3v) is 2.76. The molecule has 1 aliphatic rings. The van der Waals surface area contributed by atoms with Crippen LogP contribution >= 0.6 is 0 Å². The molecule has 3 heteroatoms. The molecule has 0 aromatic heterocycles. The largest absolute Gasteiger partial charge is 0.425 e. The summed E-state index contributed by atoms with van der Waals surface area (Å²) in [6, 6.07) is 9.04. The molecule has 3 nitrogen and oxygen atoms in total. The predicted octanol–water partition coefficient (Wildman–Crippen LogP) is 2.16. The number of carbonyl (C=O) groups is 1. The van der Waals surface area contributed by atoms with Gasteiger partial charge in [-0.1, -0.05) is 25.1 Å². The number of para-hydroxylation sites is 1. The summed E-state index contributed by atoms with van der Waals surface area (Å²) < 4.78 is 10.5. The summed E-state index contributed by atoms with van der Waals surface area (Å²) in [5.74, 6) is 0.266. The molecule has 0 bridgehead atoms. The predicted molar refractivity (Wildman–Crippen MR) is 55.6 cm³/mol. The lowest BCUT2D eigenvalue weighted by atomic mass is 10.1. The molecule has 1 aromatic rings. The first kappa shape index (κ1) is 10.2. The molecule has 1 aliphatic heterocycles. The minimum atomic E-state index is -0.400. The third-order valence-electron chi connectivity index (χ3n) is 2.76. The van der Waals surface area contributed by atoms with Crippen LogP contribution in [0.2, 0.25) is 0 Å². The van der Waals surface area contributed by atoms with Crippen molar-refractivity contribution in [2.24, 2.45) is 0 Å². The number of esters is 1. The Labute approximate surface area is 89.0 Å². The molecule has 0 saturated carbocycles. The van der Waals surface area contributed by atoms with E-state index in [2.05, 4.69) is 0 Å². The van der Waals surface area contributed by atoms with Gasteiger partial charge in [0.1, 0.15) is 11.4 Å². The van der Waals surface area contributed by atoms with Gasteiger partial charge >= 0.3 is 5.97 Å². The van der Waals surface area contributed by atoms with Crippen LogP contribution in [0.3, 0.4) is 0 Å². The zero-order valence-electron chi connectivity index (χ0n) is 8.90. The second-order valence-corrected chi connectivity index (χ2v) is 3.90. The standard InChI is InChI=1S/C12H14O3/c1-3-12(2)10(15-12)11(13)14-9-7-5-4-6-8-9/h4-8,10H,3H2,1-2H3. The van der Waals surface area contributed by atoms with Crippen LogP contribution in [0, 0.1) is 0 Å². The van der Waals surface area contributed by atoms with E-state index in [9.17, 15) is 4.79 Å². The normalized spacial score (nSPS) is 28.5. The van der Waals surface area contributed by atoms with Crippen molar-refractivity contribution in [2.75, 3.05) is 0 Å². The van der Waals surface area contributed by atoms with Crippen LogP contribution in [0.1, 0.15) is 20.3 Å². The van der Waals surface area contributed by atoms with Crippen LogP contribution in [0.4, 0.5) is 0 Å². The zero-order valence-corrected chi connectivity index (χ0v) is 8.90. The lowest BCUT2D eigenvalue weighted by Gasteiger charge is -2.03. The SMILES string of the molecule is CCC1(C)OC1C(=O)Oc1ccccc1. The number of benzene rings is 1. The highest BCUT2D eigenvalue weighted by Crippen LogP contribution is 2.39. The summed E-state index contributed by atoms with van der Waals surface area (Å²) >= 11 is 0. The molecule has 0 spiro atoms. The van der Waals surface area contributed by atoms with E-state index in [1.54, 1.807) is 12.1 Å². The van der Waals surface area contributed by atoms with Crippen molar-refractivity contribution in [1.82, 2.24) is 0 Å². The third kappa shape index (κ3) is 2.02. The van der Waals surface area contributed by atoms with E-state index in [4.69, 9.17) is 9.47 Å². The highest BCUT2D eigenvalue weighted by molar-refractivity contribution is 5.81. The quantitative estimate of drug-likeness (QED) is 0.432. The van der Waals surface area contributed by atoms with Crippen LogP contribution in [0.15, 0.2) is 30.3 Å². The summed E-state index contributed by atoms with van der Waals surface area (Å²) in [5.41, 5.74) is -0.314. The monoisotopic (exact) mass is 206 g/mol. The molecule has 2 rings (SSSR count). The van der Waals surface area contributed by atoms with Gasteiger partial charge in [-0.05, 0) is 25.5 Å². The highest BCUT2D eigenvalue weighted by Gasteiger charge is 2.56. The van der Waals surface area contributed by atoms with Gasteiger partial charge in [0, 0.05) is 0 Å². The second-order valence-electron chi connectivity index (χ2n) is 3.90. The Morgan fingerprint density at radius 1 is 1.47 bits per heavy atom. The Morgan fingerprint density at radius 2 is 2.13 bits per heavy atom. The fourth-order valence-corrected chi connectivity index (χ4v) is 1.46. The minimum absolute atomic E-state index is 0.300. The van der Waals surface area contributed by atoms with Crippen LogP contribution in [0.25, 0.3) is 0 Å². The average Bonchev–Trinajstić information content (AvgIpc) is 2.93. The molecule has 0 radical (unpaired) electrons. The maximum absolute atomic E-state index is 11.6. The number of epoxide rings is 1. The lowest BCUT2D eigenvalue weighted by molar-refractivity contribution is -0.135. The van der Waals surface area contributed by atoms with Crippen LogP contribution in [-0.2, 0) is 9.53 Å².